The summed E-state index contributed by atoms with van der Waals surface area (Å²) in [5, 5.41) is 0. The van der Waals surface area contributed by atoms with E-state index < -0.39 is 0 Å². The molecule has 0 atom stereocenters. The van der Waals surface area contributed by atoms with Crippen LogP contribution in [0, 0.1) is 0 Å². The van der Waals surface area contributed by atoms with E-state index in [1.54, 1.807) is 0 Å². The first kappa shape index (κ1) is 11.1. The fourth-order valence-corrected chi connectivity index (χ4v) is 2.14. The van der Waals surface area contributed by atoms with E-state index >= 15 is 0 Å². The van der Waals surface area contributed by atoms with E-state index in [0.29, 0.717) is 6.04 Å². The van der Waals surface area contributed by atoms with Gasteiger partial charge in [0.25, 0.3) is 0 Å². The van der Waals surface area contributed by atoms with Gasteiger partial charge in [0.1, 0.15) is 11.4 Å². The number of hydrogen-bond donors (Lipinski definition) is 1. The van der Waals surface area contributed by atoms with Gasteiger partial charge in [0.15, 0.2) is 0 Å². The molecule has 0 bridgehead atoms. The highest BCUT2D eigenvalue weighted by molar-refractivity contribution is 5.66. The molecule has 16 heavy (non-hydrogen) atoms. The molecule has 1 heterocycles. The Kier molecular flexibility index (Phi) is 2.49. The van der Waals surface area contributed by atoms with Gasteiger partial charge in [0.05, 0.1) is 12.2 Å². The van der Waals surface area contributed by atoms with Crippen LogP contribution in [0.1, 0.15) is 27.7 Å². The molecule has 1 aromatic carbocycles. The zero-order valence-corrected chi connectivity index (χ0v) is 10.4. The maximum atomic E-state index is 5.96. The Labute approximate surface area is 97.2 Å². The number of nitrogens with zero attached hydrogens (tertiary/aromatic N) is 1. The van der Waals surface area contributed by atoms with Crippen molar-refractivity contribution >= 4 is 11.4 Å². The number of rotatable bonds is 1. The van der Waals surface area contributed by atoms with E-state index in [1.807, 2.05) is 18.2 Å². The fraction of sp³-hybridized carbons (Fsp3) is 0.538. The summed E-state index contributed by atoms with van der Waals surface area (Å²) in [6, 6.07) is 6.34. The number of ether oxygens (including phenoxy) is 1. The van der Waals surface area contributed by atoms with Gasteiger partial charge in [-0.15, -0.1) is 0 Å². The van der Waals surface area contributed by atoms with Gasteiger partial charge >= 0.3 is 0 Å². The molecular weight excluding hydrogens is 200 g/mol. The summed E-state index contributed by atoms with van der Waals surface area (Å²) in [6.45, 7) is 9.51. The van der Waals surface area contributed by atoms with E-state index in [0.717, 1.165) is 23.7 Å². The van der Waals surface area contributed by atoms with Gasteiger partial charge in [-0.2, -0.15) is 0 Å². The van der Waals surface area contributed by atoms with E-state index in [-0.39, 0.29) is 5.60 Å². The highest BCUT2D eigenvalue weighted by Gasteiger charge is 2.32. The van der Waals surface area contributed by atoms with Crippen molar-refractivity contribution in [2.75, 3.05) is 17.2 Å². The highest BCUT2D eigenvalue weighted by atomic mass is 16.5. The number of benzene rings is 1. The van der Waals surface area contributed by atoms with E-state index in [1.165, 1.54) is 0 Å². The maximum Gasteiger partial charge on any atom is 0.145 e. The van der Waals surface area contributed by atoms with Gasteiger partial charge in [-0.05, 0) is 39.8 Å². The molecule has 1 aliphatic rings. The number of nitrogen functional groups attached to an aromatic ring is 1. The lowest BCUT2D eigenvalue weighted by molar-refractivity contribution is 0.103. The van der Waals surface area contributed by atoms with Crippen molar-refractivity contribution in [1.29, 1.82) is 0 Å². The van der Waals surface area contributed by atoms with Crippen LogP contribution in [0.25, 0.3) is 0 Å². The Morgan fingerprint density at radius 2 is 2.06 bits per heavy atom. The van der Waals surface area contributed by atoms with Crippen LogP contribution in [0.2, 0.25) is 0 Å². The summed E-state index contributed by atoms with van der Waals surface area (Å²) in [4.78, 5) is 2.36. The summed E-state index contributed by atoms with van der Waals surface area (Å²) >= 11 is 0. The highest BCUT2D eigenvalue weighted by Crippen LogP contribution is 2.39. The summed E-state index contributed by atoms with van der Waals surface area (Å²) in [6.07, 6.45) is 0. The molecule has 2 rings (SSSR count). The topological polar surface area (TPSA) is 38.5 Å². The normalized spacial score (nSPS) is 18.2. The van der Waals surface area contributed by atoms with Gasteiger partial charge < -0.3 is 15.4 Å². The molecule has 0 amide bonds. The third-order valence-corrected chi connectivity index (χ3v) is 2.85. The summed E-state index contributed by atoms with van der Waals surface area (Å²) in [7, 11) is 0. The van der Waals surface area contributed by atoms with Crippen LogP contribution < -0.4 is 15.4 Å². The summed E-state index contributed by atoms with van der Waals surface area (Å²) in [5.74, 6) is 0.893. The molecule has 0 saturated carbocycles. The first-order chi connectivity index (χ1) is 7.39. The van der Waals surface area contributed by atoms with Gasteiger partial charge in [0, 0.05) is 17.8 Å². The van der Waals surface area contributed by atoms with Gasteiger partial charge in [-0.25, -0.2) is 0 Å². The van der Waals surface area contributed by atoms with Crippen LogP contribution in [-0.4, -0.2) is 18.2 Å². The van der Waals surface area contributed by atoms with E-state index in [9.17, 15) is 0 Å². The first-order valence-electron chi connectivity index (χ1n) is 5.74. The minimum Gasteiger partial charge on any atom is -0.484 e. The molecule has 0 aliphatic carbocycles. The van der Waals surface area contributed by atoms with Crippen LogP contribution >= 0.6 is 0 Å². The average Bonchev–Trinajstić information content (AvgIpc) is 2.14. The number of anilines is 2. The molecule has 0 unspecified atom stereocenters. The Morgan fingerprint density at radius 3 is 2.69 bits per heavy atom. The van der Waals surface area contributed by atoms with Crippen molar-refractivity contribution in [3.63, 3.8) is 0 Å². The van der Waals surface area contributed by atoms with Crippen molar-refractivity contribution in [2.24, 2.45) is 0 Å². The standard InChI is InChI=1S/C13H20N2O/c1-9(2)15-8-13(3,4)16-12-7-10(14)5-6-11(12)15/h5-7,9H,8,14H2,1-4H3. The van der Waals surface area contributed by atoms with Gasteiger partial charge in [0.2, 0.25) is 0 Å². The van der Waals surface area contributed by atoms with E-state index in [4.69, 9.17) is 10.5 Å². The van der Waals surface area contributed by atoms with Crippen molar-refractivity contribution in [2.45, 2.75) is 39.3 Å². The smallest absolute Gasteiger partial charge is 0.145 e. The Balaban J connectivity index is 2.47. The third-order valence-electron chi connectivity index (χ3n) is 2.85. The molecule has 0 aromatic heterocycles. The molecule has 88 valence electrons. The molecule has 3 nitrogen and oxygen atoms in total. The number of nitrogens with two attached hydrogens (primary N) is 1. The maximum absolute atomic E-state index is 5.96. The monoisotopic (exact) mass is 220 g/mol. The molecular formula is C13H20N2O. The summed E-state index contributed by atoms with van der Waals surface area (Å²) < 4.78 is 5.96. The second-order valence-corrected chi connectivity index (χ2v) is 5.31. The first-order valence-corrected chi connectivity index (χ1v) is 5.74. The van der Waals surface area contributed by atoms with Crippen molar-refractivity contribution in [1.82, 2.24) is 0 Å². The lowest BCUT2D eigenvalue weighted by Crippen LogP contribution is -2.49. The second kappa shape index (κ2) is 3.58. The molecule has 3 heteroatoms. The minimum atomic E-state index is -0.162. The molecule has 1 aromatic rings. The van der Waals surface area contributed by atoms with Crippen LogP contribution in [0.4, 0.5) is 11.4 Å². The minimum absolute atomic E-state index is 0.162. The molecule has 1 aliphatic heterocycles. The van der Waals surface area contributed by atoms with Crippen LogP contribution in [0.3, 0.4) is 0 Å². The molecule has 0 saturated heterocycles. The van der Waals surface area contributed by atoms with Crippen molar-refractivity contribution < 1.29 is 4.74 Å². The molecule has 0 radical (unpaired) electrons. The number of hydrogen-bond acceptors (Lipinski definition) is 3. The lowest BCUT2D eigenvalue weighted by atomic mass is 10.0. The van der Waals surface area contributed by atoms with Crippen LogP contribution in [0.15, 0.2) is 18.2 Å². The molecule has 2 N–H and O–H groups in total. The number of fused-ring (bicyclic) bond motifs is 1. The average molecular weight is 220 g/mol. The van der Waals surface area contributed by atoms with Crippen LogP contribution in [0.5, 0.6) is 5.75 Å². The predicted octanol–water partition coefficient (Wildman–Crippen LogP) is 2.65. The fourth-order valence-electron chi connectivity index (χ4n) is 2.14. The van der Waals surface area contributed by atoms with Gasteiger partial charge in [-0.1, -0.05) is 0 Å². The van der Waals surface area contributed by atoms with E-state index in [2.05, 4.69) is 32.6 Å². The Morgan fingerprint density at radius 1 is 1.38 bits per heavy atom. The Hall–Kier alpha value is -1.38. The van der Waals surface area contributed by atoms with Gasteiger partial charge in [-0.3, -0.25) is 0 Å². The quantitative estimate of drug-likeness (QED) is 0.739. The zero-order chi connectivity index (χ0) is 11.9. The SMILES string of the molecule is CC(C)N1CC(C)(C)Oc2cc(N)ccc21. The lowest BCUT2D eigenvalue weighted by Gasteiger charge is -2.43. The largest absolute Gasteiger partial charge is 0.484 e. The third kappa shape index (κ3) is 1.94. The van der Waals surface area contributed by atoms with Crippen LogP contribution in [-0.2, 0) is 0 Å². The predicted molar refractivity (Wildman–Crippen MR) is 68.0 cm³/mol. The second-order valence-electron chi connectivity index (χ2n) is 5.31. The molecule has 0 spiro atoms. The Bertz CT molecular complexity index is 399. The summed E-state index contributed by atoms with van der Waals surface area (Å²) in [5.41, 5.74) is 7.52. The zero-order valence-electron chi connectivity index (χ0n) is 10.4. The molecule has 0 fully saturated rings. The van der Waals surface area contributed by atoms with Crippen molar-refractivity contribution in [3.8, 4) is 5.75 Å². The van der Waals surface area contributed by atoms with Crippen molar-refractivity contribution in [3.05, 3.63) is 18.2 Å².